The number of para-hydroxylation sites is 1. The highest BCUT2D eigenvalue weighted by Crippen LogP contribution is 2.17. The van der Waals surface area contributed by atoms with E-state index in [2.05, 4.69) is 0 Å². The Morgan fingerprint density at radius 2 is 1.77 bits per heavy atom. The number of benzene rings is 2. The topological polar surface area (TPSA) is 74.6 Å². The average Bonchev–Trinajstić information content (AvgIpc) is 3.03. The number of carbonyl (C=O) groups excluding carboxylic acids is 2. The maximum Gasteiger partial charge on any atom is 0.333 e. The smallest absolute Gasteiger partial charge is 0.333 e. The molecule has 0 N–H and O–H groups in total. The van der Waals surface area contributed by atoms with Crippen molar-refractivity contribution in [3.05, 3.63) is 85.3 Å². The summed E-state index contributed by atoms with van der Waals surface area (Å²) in [4.78, 5) is 37.8. The molecule has 2 aromatic carbocycles. The zero-order valence-electron chi connectivity index (χ0n) is 16.7. The lowest BCUT2D eigenvalue weighted by atomic mass is 10.1. The Balaban J connectivity index is 2.13. The van der Waals surface area contributed by atoms with Crippen molar-refractivity contribution in [1.82, 2.24) is 4.57 Å². The van der Waals surface area contributed by atoms with Crippen molar-refractivity contribution in [1.29, 1.82) is 0 Å². The number of hydrogen-bond donors (Lipinski definition) is 0. The molecule has 0 fully saturated rings. The zero-order valence-corrected chi connectivity index (χ0v) is 17.5. The molecule has 0 saturated carbocycles. The van der Waals surface area contributed by atoms with Crippen LogP contribution in [0, 0.1) is 0 Å². The van der Waals surface area contributed by atoms with Gasteiger partial charge >= 0.3 is 5.97 Å². The van der Waals surface area contributed by atoms with Crippen LogP contribution in [0.1, 0.15) is 22.8 Å². The largest absolute Gasteiger partial charge is 0.496 e. The number of ether oxygens (including phenoxy) is 2. The predicted octanol–water partition coefficient (Wildman–Crippen LogP) is 1.97. The first-order valence-electron chi connectivity index (χ1n) is 9.34. The number of hydrogen-bond acceptors (Lipinski definition) is 6. The molecular weight excluding hydrogens is 402 g/mol. The van der Waals surface area contributed by atoms with Gasteiger partial charge in [-0.15, -0.1) is 11.3 Å². The second kappa shape index (κ2) is 9.84. The Morgan fingerprint density at radius 1 is 1.07 bits per heavy atom. The number of thiazole rings is 1. The summed E-state index contributed by atoms with van der Waals surface area (Å²) in [5.41, 5.74) is 0.862. The van der Waals surface area contributed by atoms with E-state index in [4.69, 9.17) is 9.47 Å². The molecule has 0 radical (unpaired) electrons. The van der Waals surface area contributed by atoms with Crippen molar-refractivity contribution < 1.29 is 19.1 Å². The highest BCUT2D eigenvalue weighted by atomic mass is 32.1. The fraction of sp³-hybridized carbons (Fsp3) is 0.174. The van der Waals surface area contributed by atoms with Gasteiger partial charge in [-0.25, -0.2) is 4.79 Å². The van der Waals surface area contributed by atoms with Crippen LogP contribution < -0.4 is 19.5 Å². The van der Waals surface area contributed by atoms with Crippen LogP contribution in [0.2, 0.25) is 0 Å². The molecule has 3 rings (SSSR count). The number of rotatable bonds is 7. The third kappa shape index (κ3) is 4.93. The second-order valence-corrected chi connectivity index (χ2v) is 7.33. The molecular formula is C23H21NO5S. The summed E-state index contributed by atoms with van der Waals surface area (Å²) < 4.78 is 12.4. The Kier molecular flexibility index (Phi) is 6.98. The summed E-state index contributed by atoms with van der Waals surface area (Å²) in [5.74, 6) is -0.172. The maximum absolute atomic E-state index is 13.1. The fourth-order valence-electron chi connectivity index (χ4n) is 2.86. The number of esters is 1. The van der Waals surface area contributed by atoms with E-state index in [9.17, 15) is 14.4 Å². The van der Waals surface area contributed by atoms with Gasteiger partial charge in [0.05, 0.1) is 30.9 Å². The number of nitrogens with zero attached hydrogens (tertiary/aromatic N) is 1. The molecule has 0 atom stereocenters. The Hall–Kier alpha value is -3.45. The van der Waals surface area contributed by atoms with E-state index in [0.717, 1.165) is 16.9 Å². The Labute approximate surface area is 177 Å². The van der Waals surface area contributed by atoms with Crippen LogP contribution in [0.4, 0.5) is 0 Å². The monoisotopic (exact) mass is 423 g/mol. The number of aromatic nitrogens is 1. The van der Waals surface area contributed by atoms with Crippen molar-refractivity contribution in [2.24, 2.45) is 0 Å². The summed E-state index contributed by atoms with van der Waals surface area (Å²) in [6, 6.07) is 16.0. The van der Waals surface area contributed by atoms with E-state index in [1.807, 2.05) is 24.3 Å². The molecule has 7 heteroatoms. The van der Waals surface area contributed by atoms with Crippen molar-refractivity contribution in [2.75, 3.05) is 13.7 Å². The minimum atomic E-state index is -0.566. The lowest BCUT2D eigenvalue weighted by molar-refractivity contribution is -0.135. The zero-order chi connectivity index (χ0) is 21.5. The molecule has 0 amide bonds. The van der Waals surface area contributed by atoms with Crippen LogP contribution in [-0.4, -0.2) is 30.0 Å². The third-order valence-electron chi connectivity index (χ3n) is 4.29. The van der Waals surface area contributed by atoms with Gasteiger partial charge in [0.1, 0.15) is 10.4 Å². The van der Waals surface area contributed by atoms with E-state index in [0.29, 0.717) is 20.5 Å². The van der Waals surface area contributed by atoms with Gasteiger partial charge in [-0.2, -0.15) is 0 Å². The van der Waals surface area contributed by atoms with Gasteiger partial charge < -0.3 is 9.47 Å². The summed E-state index contributed by atoms with van der Waals surface area (Å²) in [5, 5.41) is 0. The number of methoxy groups -OCH3 is 1. The summed E-state index contributed by atoms with van der Waals surface area (Å²) in [7, 11) is 1.55. The minimum Gasteiger partial charge on any atom is -0.496 e. The molecule has 0 aliphatic heterocycles. The van der Waals surface area contributed by atoms with Crippen LogP contribution >= 0.6 is 11.3 Å². The first-order valence-corrected chi connectivity index (χ1v) is 10.2. The van der Waals surface area contributed by atoms with Gasteiger partial charge in [0.25, 0.3) is 5.56 Å². The molecule has 0 unspecified atom stereocenters. The van der Waals surface area contributed by atoms with Crippen LogP contribution in [-0.2, 0) is 16.1 Å². The van der Waals surface area contributed by atoms with Crippen molar-refractivity contribution in [3.8, 4) is 5.75 Å². The highest BCUT2D eigenvalue weighted by Gasteiger charge is 2.13. The molecule has 3 aromatic rings. The van der Waals surface area contributed by atoms with Gasteiger partial charge in [-0.05, 0) is 19.1 Å². The second-order valence-electron chi connectivity index (χ2n) is 6.27. The Bertz CT molecular complexity index is 1220. The van der Waals surface area contributed by atoms with Gasteiger partial charge in [0.2, 0.25) is 0 Å². The predicted molar refractivity (Wildman–Crippen MR) is 116 cm³/mol. The molecule has 154 valence electrons. The van der Waals surface area contributed by atoms with Gasteiger partial charge in [-0.3, -0.25) is 14.2 Å². The van der Waals surface area contributed by atoms with E-state index in [-0.39, 0.29) is 24.5 Å². The van der Waals surface area contributed by atoms with Gasteiger partial charge in [0.15, 0.2) is 5.78 Å². The molecule has 1 aromatic heterocycles. The number of Topliss-reactive ketones (excluding diaryl/α,β-unsaturated/α-hetero) is 1. The first kappa shape index (κ1) is 21.3. The molecule has 0 aliphatic rings. The molecule has 0 saturated heterocycles. The average molecular weight is 423 g/mol. The SMILES string of the molecule is CCOC(=O)/C=c1\s/c(=C\c2ccccc2OC)c(=O)n1CC(=O)c1ccccc1. The number of carbonyl (C=O) groups is 2. The van der Waals surface area contributed by atoms with Crippen LogP contribution in [0.25, 0.3) is 12.2 Å². The standard InChI is InChI=1S/C23H21NO5S/c1-3-29-22(26)14-21-24(15-18(25)16-9-5-4-6-10-16)23(27)20(30-21)13-17-11-7-8-12-19(17)28-2/h4-14H,3,15H2,1-2H3/b20-13-,21-14-. The van der Waals surface area contributed by atoms with E-state index >= 15 is 0 Å². The molecule has 0 aliphatic carbocycles. The van der Waals surface area contributed by atoms with Crippen molar-refractivity contribution in [3.63, 3.8) is 0 Å². The first-order chi connectivity index (χ1) is 14.5. The summed E-state index contributed by atoms with van der Waals surface area (Å²) in [6.45, 7) is 1.74. The molecule has 0 bridgehead atoms. The van der Waals surface area contributed by atoms with E-state index in [1.165, 1.54) is 10.6 Å². The van der Waals surface area contributed by atoms with Crippen LogP contribution in [0.15, 0.2) is 59.4 Å². The molecule has 30 heavy (non-hydrogen) atoms. The van der Waals surface area contributed by atoms with Crippen molar-refractivity contribution in [2.45, 2.75) is 13.5 Å². The quantitative estimate of drug-likeness (QED) is 0.429. The van der Waals surface area contributed by atoms with Crippen molar-refractivity contribution >= 4 is 35.2 Å². The fourth-order valence-corrected chi connectivity index (χ4v) is 3.88. The normalized spacial score (nSPS) is 12.1. The van der Waals surface area contributed by atoms with Crippen LogP contribution in [0.3, 0.4) is 0 Å². The minimum absolute atomic E-state index is 0.176. The highest BCUT2D eigenvalue weighted by molar-refractivity contribution is 7.07. The lowest BCUT2D eigenvalue weighted by Gasteiger charge is -2.03. The van der Waals surface area contributed by atoms with Gasteiger partial charge in [0, 0.05) is 11.1 Å². The maximum atomic E-state index is 13.1. The molecule has 1 heterocycles. The Morgan fingerprint density at radius 3 is 2.47 bits per heavy atom. The number of ketones is 1. The molecule has 6 nitrogen and oxygen atoms in total. The van der Waals surface area contributed by atoms with E-state index in [1.54, 1.807) is 50.4 Å². The van der Waals surface area contributed by atoms with Crippen LogP contribution in [0.5, 0.6) is 5.75 Å². The molecule has 0 spiro atoms. The summed E-state index contributed by atoms with van der Waals surface area (Å²) >= 11 is 1.12. The third-order valence-corrected chi connectivity index (χ3v) is 5.35. The lowest BCUT2D eigenvalue weighted by Crippen LogP contribution is -2.34. The summed E-state index contributed by atoms with van der Waals surface area (Å²) in [6.07, 6.45) is 2.94. The van der Waals surface area contributed by atoms with Gasteiger partial charge in [-0.1, -0.05) is 48.5 Å². The van der Waals surface area contributed by atoms with E-state index < -0.39 is 5.97 Å².